The third-order valence-corrected chi connectivity index (χ3v) is 6.01. The summed E-state index contributed by atoms with van der Waals surface area (Å²) >= 11 is 0. The zero-order chi connectivity index (χ0) is 24.6. The van der Waals surface area contributed by atoms with Crippen LogP contribution in [0.1, 0.15) is 27.3 Å². The molecule has 8 nitrogen and oxygen atoms in total. The summed E-state index contributed by atoms with van der Waals surface area (Å²) < 4.78 is 63.2. The average molecular weight is 480 g/mol. The number of nitrogens with one attached hydrogen (secondary N) is 1. The third-order valence-electron chi connectivity index (χ3n) is 4.88. The second-order valence-electron chi connectivity index (χ2n) is 7.27. The van der Waals surface area contributed by atoms with E-state index in [-0.39, 0.29) is 33.8 Å². The number of halogens is 3. The van der Waals surface area contributed by atoms with Crippen LogP contribution < -0.4 is 16.6 Å². The van der Waals surface area contributed by atoms with Crippen molar-refractivity contribution in [3.05, 3.63) is 81.5 Å². The van der Waals surface area contributed by atoms with Gasteiger partial charge in [-0.15, -0.1) is 0 Å². The molecular formula is C21H19F3N4O4S. The first-order chi connectivity index (χ1) is 15.3. The van der Waals surface area contributed by atoms with Crippen molar-refractivity contribution in [3.8, 4) is 11.1 Å². The molecule has 0 aliphatic heterocycles. The Labute approximate surface area is 186 Å². The summed E-state index contributed by atoms with van der Waals surface area (Å²) in [6.45, 7) is 1.42. The van der Waals surface area contributed by atoms with Crippen LogP contribution in [0.25, 0.3) is 11.1 Å². The Morgan fingerprint density at radius 1 is 1.18 bits per heavy atom. The van der Waals surface area contributed by atoms with Crippen molar-refractivity contribution in [1.82, 2.24) is 15.0 Å². The first-order valence-electron chi connectivity index (χ1n) is 9.41. The molecule has 3 aromatic rings. The molecule has 0 fully saturated rings. The number of hydrogen-bond donors (Lipinski definition) is 2. The number of pyridine rings is 2. The lowest BCUT2D eigenvalue weighted by molar-refractivity contribution is -0.141. The van der Waals surface area contributed by atoms with Crippen LogP contribution in [0.5, 0.6) is 0 Å². The van der Waals surface area contributed by atoms with Gasteiger partial charge in [0.05, 0.1) is 10.5 Å². The molecular weight excluding hydrogens is 461 g/mol. The van der Waals surface area contributed by atoms with E-state index < -0.39 is 33.0 Å². The molecule has 0 bridgehead atoms. The Kier molecular flexibility index (Phi) is 6.32. The maximum atomic E-state index is 13.1. The summed E-state index contributed by atoms with van der Waals surface area (Å²) in [6, 6.07) is 7.73. The summed E-state index contributed by atoms with van der Waals surface area (Å²) in [5.41, 5.74) is -1.85. The monoisotopic (exact) mass is 480 g/mol. The highest BCUT2D eigenvalue weighted by Gasteiger charge is 2.33. The Bertz CT molecular complexity index is 1380. The summed E-state index contributed by atoms with van der Waals surface area (Å²) in [4.78, 5) is 29.1. The lowest BCUT2D eigenvalue weighted by atomic mass is 10.0. The number of nitrogen functional groups attached to an aromatic ring is 1. The van der Waals surface area contributed by atoms with E-state index in [1.165, 1.54) is 37.3 Å². The Morgan fingerprint density at radius 3 is 2.39 bits per heavy atom. The van der Waals surface area contributed by atoms with Crippen molar-refractivity contribution in [2.75, 3.05) is 12.1 Å². The highest BCUT2D eigenvalue weighted by Crippen LogP contribution is 2.30. The summed E-state index contributed by atoms with van der Waals surface area (Å²) in [5, 5.41) is 2.53. The normalized spacial score (nSPS) is 11.9. The Hall–Kier alpha value is -3.67. The molecule has 0 atom stereocenters. The fourth-order valence-electron chi connectivity index (χ4n) is 3.10. The van der Waals surface area contributed by atoms with Gasteiger partial charge in [0.15, 0.2) is 9.84 Å². The fraction of sp³-hybridized carbons (Fsp3) is 0.190. The van der Waals surface area contributed by atoms with Gasteiger partial charge >= 0.3 is 6.18 Å². The zero-order valence-corrected chi connectivity index (χ0v) is 18.3. The minimum atomic E-state index is -4.71. The number of hydrogen-bond acceptors (Lipinski definition) is 6. The molecule has 1 aromatic carbocycles. The van der Waals surface area contributed by atoms with Crippen LogP contribution in [-0.2, 0) is 22.6 Å². The quantitative estimate of drug-likeness (QED) is 0.540. The van der Waals surface area contributed by atoms with Gasteiger partial charge in [0.1, 0.15) is 11.3 Å². The number of nitrogens with two attached hydrogens (primary N) is 1. The molecule has 2 heterocycles. The molecule has 33 heavy (non-hydrogen) atoms. The summed E-state index contributed by atoms with van der Waals surface area (Å²) in [7, 11) is -3.37. The predicted octanol–water partition coefficient (Wildman–Crippen LogP) is 2.28. The molecule has 3 N–H and O–H groups in total. The molecule has 0 unspecified atom stereocenters. The summed E-state index contributed by atoms with van der Waals surface area (Å²) in [5.74, 6) is 5.06. The minimum Gasteiger partial charge on any atom is -0.348 e. The highest BCUT2D eigenvalue weighted by atomic mass is 32.2. The van der Waals surface area contributed by atoms with Gasteiger partial charge in [-0.2, -0.15) is 13.2 Å². The van der Waals surface area contributed by atoms with Crippen LogP contribution in [0.15, 0.2) is 58.5 Å². The van der Waals surface area contributed by atoms with Gasteiger partial charge in [0.25, 0.3) is 5.91 Å². The van der Waals surface area contributed by atoms with Crippen molar-refractivity contribution < 1.29 is 26.4 Å². The molecule has 0 spiro atoms. The number of carbonyl (C=O) groups is 1. The van der Waals surface area contributed by atoms with E-state index in [4.69, 9.17) is 5.84 Å². The Morgan fingerprint density at radius 2 is 1.82 bits per heavy atom. The van der Waals surface area contributed by atoms with E-state index in [1.807, 2.05) is 0 Å². The molecule has 174 valence electrons. The van der Waals surface area contributed by atoms with Crippen molar-refractivity contribution in [2.24, 2.45) is 0 Å². The number of alkyl halides is 3. The highest BCUT2D eigenvalue weighted by molar-refractivity contribution is 7.90. The first-order valence-corrected chi connectivity index (χ1v) is 11.3. The molecule has 0 saturated carbocycles. The third kappa shape index (κ3) is 5.22. The number of benzene rings is 1. The summed E-state index contributed by atoms with van der Waals surface area (Å²) in [6.07, 6.45) is -1.63. The van der Waals surface area contributed by atoms with Crippen LogP contribution in [0.2, 0.25) is 0 Å². The lowest BCUT2D eigenvalue weighted by Gasteiger charge is -2.14. The second kappa shape index (κ2) is 8.70. The fourth-order valence-corrected chi connectivity index (χ4v) is 3.73. The van der Waals surface area contributed by atoms with Gasteiger partial charge in [-0.05, 0) is 42.3 Å². The van der Waals surface area contributed by atoms with Crippen LogP contribution in [0.3, 0.4) is 0 Å². The maximum absolute atomic E-state index is 13.1. The topological polar surface area (TPSA) is 124 Å². The van der Waals surface area contributed by atoms with Crippen molar-refractivity contribution in [2.45, 2.75) is 24.5 Å². The largest absolute Gasteiger partial charge is 0.433 e. The van der Waals surface area contributed by atoms with Gasteiger partial charge in [0, 0.05) is 30.9 Å². The molecule has 2 aromatic heterocycles. The number of rotatable bonds is 5. The molecule has 0 saturated heterocycles. The Balaban J connectivity index is 1.93. The van der Waals surface area contributed by atoms with E-state index in [9.17, 15) is 31.2 Å². The average Bonchev–Trinajstić information content (AvgIpc) is 2.74. The second-order valence-corrected chi connectivity index (χ2v) is 9.28. The molecule has 0 aliphatic rings. The number of sulfone groups is 1. The van der Waals surface area contributed by atoms with Crippen molar-refractivity contribution in [1.29, 1.82) is 0 Å². The standard InChI is InChI=1S/C21H19F3N4O4S/c1-12-18(14-7-8-26-17(9-14)21(22,23)24)19(29)16(11-28(12)25)20(30)27-10-13-3-5-15(6-4-13)33(2,31)32/h3-9,11H,10,25H2,1-2H3,(H,27,30). The molecule has 12 heteroatoms. The van der Waals surface area contributed by atoms with Gasteiger partial charge in [-0.1, -0.05) is 12.1 Å². The lowest BCUT2D eigenvalue weighted by Crippen LogP contribution is -2.32. The molecule has 0 radical (unpaired) electrons. The van der Waals surface area contributed by atoms with Crippen LogP contribution in [-0.4, -0.2) is 30.2 Å². The van der Waals surface area contributed by atoms with Crippen LogP contribution in [0, 0.1) is 6.92 Å². The SMILES string of the molecule is Cc1c(-c2ccnc(C(F)(F)F)c2)c(=O)c(C(=O)NCc2ccc(S(C)(=O)=O)cc2)cn1N. The van der Waals surface area contributed by atoms with Crippen molar-refractivity contribution in [3.63, 3.8) is 0 Å². The number of aromatic nitrogens is 2. The van der Waals surface area contributed by atoms with Gasteiger partial charge in [-0.25, -0.2) is 8.42 Å². The maximum Gasteiger partial charge on any atom is 0.433 e. The number of nitrogens with zero attached hydrogens (tertiary/aromatic N) is 2. The van der Waals surface area contributed by atoms with Crippen LogP contribution in [0.4, 0.5) is 13.2 Å². The van der Waals surface area contributed by atoms with E-state index in [0.717, 1.165) is 29.4 Å². The van der Waals surface area contributed by atoms with Gasteiger partial charge < -0.3 is 11.2 Å². The van der Waals surface area contributed by atoms with Crippen molar-refractivity contribution >= 4 is 15.7 Å². The number of amides is 1. The molecule has 0 aliphatic carbocycles. The van der Waals surface area contributed by atoms with E-state index in [2.05, 4.69) is 10.3 Å². The molecule has 3 rings (SSSR count). The van der Waals surface area contributed by atoms with Crippen LogP contribution >= 0.6 is 0 Å². The predicted molar refractivity (Wildman–Crippen MR) is 115 cm³/mol. The van der Waals surface area contributed by atoms with E-state index in [1.54, 1.807) is 0 Å². The van der Waals surface area contributed by atoms with Gasteiger partial charge in [0.2, 0.25) is 5.43 Å². The van der Waals surface area contributed by atoms with Gasteiger partial charge in [-0.3, -0.25) is 19.2 Å². The zero-order valence-electron chi connectivity index (χ0n) is 17.5. The number of carbonyl (C=O) groups excluding carboxylic acids is 1. The smallest absolute Gasteiger partial charge is 0.348 e. The first kappa shape index (κ1) is 24.0. The van der Waals surface area contributed by atoms with E-state index >= 15 is 0 Å². The molecule has 1 amide bonds. The minimum absolute atomic E-state index is 0.0242. The van der Waals surface area contributed by atoms with E-state index in [0.29, 0.717) is 5.56 Å².